The maximum Gasteiger partial charge on any atom is 0.250 e. The number of halogens is 1. The molecule has 1 heterocycles. The summed E-state index contributed by atoms with van der Waals surface area (Å²) >= 11 is 3.34. The second-order valence-corrected chi connectivity index (χ2v) is 3.83. The molecule has 0 aliphatic carbocycles. The highest BCUT2D eigenvalue weighted by Crippen LogP contribution is 2.21. The molecule has 0 saturated carbocycles. The lowest BCUT2D eigenvalue weighted by Crippen LogP contribution is -2.18. The Bertz CT molecular complexity index is 355. The number of carbonyl (C=O) groups is 1. The van der Waals surface area contributed by atoms with Crippen LogP contribution < -0.4 is 5.32 Å². The van der Waals surface area contributed by atoms with Crippen LogP contribution in [0.1, 0.15) is 12.5 Å². The van der Waals surface area contributed by atoms with Crippen molar-refractivity contribution < 1.29 is 9.53 Å². The van der Waals surface area contributed by atoms with E-state index in [0.717, 1.165) is 10.0 Å². The molecule has 1 rings (SSSR count). The van der Waals surface area contributed by atoms with Crippen molar-refractivity contribution in [1.82, 2.24) is 4.98 Å². The van der Waals surface area contributed by atoms with Gasteiger partial charge in [-0.1, -0.05) is 0 Å². The van der Waals surface area contributed by atoms with Gasteiger partial charge in [-0.05, 0) is 35.3 Å². The zero-order chi connectivity index (χ0) is 11.3. The fraction of sp³-hybridized carbons (Fsp3) is 0.400. The van der Waals surface area contributed by atoms with Crippen LogP contribution in [-0.4, -0.2) is 24.1 Å². The second-order valence-electron chi connectivity index (χ2n) is 2.98. The number of nitrogens with one attached hydrogen (secondary N) is 1. The van der Waals surface area contributed by atoms with Gasteiger partial charge < -0.3 is 10.1 Å². The summed E-state index contributed by atoms with van der Waals surface area (Å²) in [6.45, 7) is 4.35. The van der Waals surface area contributed by atoms with Gasteiger partial charge in [-0.15, -0.1) is 0 Å². The van der Waals surface area contributed by atoms with Crippen LogP contribution in [0.2, 0.25) is 0 Å². The summed E-state index contributed by atoms with van der Waals surface area (Å²) in [5.74, 6) is -0.167. The number of rotatable bonds is 4. The quantitative estimate of drug-likeness (QED) is 0.914. The van der Waals surface area contributed by atoms with E-state index >= 15 is 0 Å². The predicted octanol–water partition coefficient (Wildman–Crippen LogP) is 2.13. The molecule has 1 N–H and O–H groups in total. The van der Waals surface area contributed by atoms with E-state index in [0.29, 0.717) is 12.3 Å². The van der Waals surface area contributed by atoms with Crippen LogP contribution >= 0.6 is 15.9 Å². The third-order valence-corrected chi connectivity index (χ3v) is 2.66. The molecule has 0 bridgehead atoms. The van der Waals surface area contributed by atoms with Crippen LogP contribution in [0, 0.1) is 6.92 Å². The number of nitrogens with zero attached hydrogens (tertiary/aromatic N) is 1. The highest BCUT2D eigenvalue weighted by molar-refractivity contribution is 9.10. The van der Waals surface area contributed by atoms with Crippen molar-refractivity contribution in [3.8, 4) is 0 Å². The van der Waals surface area contributed by atoms with Gasteiger partial charge >= 0.3 is 0 Å². The summed E-state index contributed by atoms with van der Waals surface area (Å²) in [6.07, 6.45) is 3.30. The van der Waals surface area contributed by atoms with Crippen molar-refractivity contribution >= 4 is 27.5 Å². The van der Waals surface area contributed by atoms with Crippen molar-refractivity contribution in [2.75, 3.05) is 18.5 Å². The lowest BCUT2D eigenvalue weighted by molar-refractivity contribution is -0.120. The number of pyridine rings is 1. The number of hydrogen-bond donors (Lipinski definition) is 1. The zero-order valence-corrected chi connectivity index (χ0v) is 10.3. The highest BCUT2D eigenvalue weighted by Gasteiger charge is 2.06. The highest BCUT2D eigenvalue weighted by atomic mass is 79.9. The predicted molar refractivity (Wildman–Crippen MR) is 61.8 cm³/mol. The molecule has 0 fully saturated rings. The van der Waals surface area contributed by atoms with Gasteiger partial charge in [-0.2, -0.15) is 0 Å². The topological polar surface area (TPSA) is 51.2 Å². The fourth-order valence-electron chi connectivity index (χ4n) is 1.01. The Kier molecular flexibility index (Phi) is 4.71. The van der Waals surface area contributed by atoms with Gasteiger partial charge in [-0.3, -0.25) is 9.78 Å². The first-order valence-corrected chi connectivity index (χ1v) is 5.42. The first kappa shape index (κ1) is 12.1. The number of amides is 1. The van der Waals surface area contributed by atoms with E-state index in [2.05, 4.69) is 26.2 Å². The largest absolute Gasteiger partial charge is 0.372 e. The Balaban J connectivity index is 2.64. The summed E-state index contributed by atoms with van der Waals surface area (Å²) in [5.41, 5.74) is 1.66. The van der Waals surface area contributed by atoms with Gasteiger partial charge in [0.2, 0.25) is 5.91 Å². The molecule has 0 unspecified atom stereocenters. The SMILES string of the molecule is CCOCC(=O)Nc1cncc(Br)c1C. The molecule has 0 spiro atoms. The first-order valence-electron chi connectivity index (χ1n) is 4.62. The van der Waals surface area contributed by atoms with Crippen molar-refractivity contribution in [2.24, 2.45) is 0 Å². The standard InChI is InChI=1S/C10H13BrN2O2/c1-3-15-6-10(14)13-9-5-12-4-8(11)7(9)2/h4-5H,3,6H2,1-2H3,(H,13,14). The second kappa shape index (κ2) is 5.82. The number of ether oxygens (including phenoxy) is 1. The van der Waals surface area contributed by atoms with Gasteiger partial charge in [0.1, 0.15) is 6.61 Å². The number of carbonyl (C=O) groups excluding carboxylic acids is 1. The van der Waals surface area contributed by atoms with Crippen LogP contribution in [0.15, 0.2) is 16.9 Å². The molecule has 0 aliphatic rings. The number of aromatic nitrogens is 1. The van der Waals surface area contributed by atoms with E-state index in [-0.39, 0.29) is 12.5 Å². The van der Waals surface area contributed by atoms with Crippen LogP contribution in [0.3, 0.4) is 0 Å². The average Bonchev–Trinajstić information content (AvgIpc) is 2.22. The lowest BCUT2D eigenvalue weighted by atomic mass is 10.2. The lowest BCUT2D eigenvalue weighted by Gasteiger charge is -2.08. The normalized spacial score (nSPS) is 10.1. The van der Waals surface area contributed by atoms with E-state index in [4.69, 9.17) is 4.74 Å². The molecule has 0 aliphatic heterocycles. The van der Waals surface area contributed by atoms with E-state index in [1.54, 1.807) is 12.4 Å². The molecule has 1 aromatic heterocycles. The minimum atomic E-state index is -0.167. The Hall–Kier alpha value is -0.940. The van der Waals surface area contributed by atoms with Gasteiger partial charge in [0.05, 0.1) is 11.9 Å². The molecule has 15 heavy (non-hydrogen) atoms. The van der Waals surface area contributed by atoms with Gasteiger partial charge in [0.25, 0.3) is 0 Å². The summed E-state index contributed by atoms with van der Waals surface area (Å²) < 4.78 is 5.87. The van der Waals surface area contributed by atoms with Crippen molar-refractivity contribution in [2.45, 2.75) is 13.8 Å². The summed E-state index contributed by atoms with van der Waals surface area (Å²) in [5, 5.41) is 2.73. The van der Waals surface area contributed by atoms with E-state index in [1.807, 2.05) is 13.8 Å². The minimum Gasteiger partial charge on any atom is -0.372 e. The third-order valence-electron chi connectivity index (χ3n) is 1.87. The van der Waals surface area contributed by atoms with Gasteiger partial charge in [-0.25, -0.2) is 0 Å². The molecule has 0 radical (unpaired) electrons. The summed E-state index contributed by atoms with van der Waals surface area (Å²) in [7, 11) is 0. The first-order chi connectivity index (χ1) is 7.15. The van der Waals surface area contributed by atoms with Gasteiger partial charge in [0, 0.05) is 17.3 Å². The Labute approximate surface area is 97.2 Å². The molecule has 82 valence electrons. The molecule has 1 aromatic rings. The molecule has 0 aromatic carbocycles. The summed E-state index contributed by atoms with van der Waals surface area (Å²) in [4.78, 5) is 15.3. The molecular formula is C10H13BrN2O2. The van der Waals surface area contributed by atoms with Crippen LogP contribution in [0.4, 0.5) is 5.69 Å². The van der Waals surface area contributed by atoms with Crippen molar-refractivity contribution in [3.05, 3.63) is 22.4 Å². The van der Waals surface area contributed by atoms with E-state index < -0.39 is 0 Å². The monoisotopic (exact) mass is 272 g/mol. The molecule has 1 amide bonds. The smallest absolute Gasteiger partial charge is 0.250 e. The van der Waals surface area contributed by atoms with E-state index in [9.17, 15) is 4.79 Å². The Morgan fingerprint density at radius 3 is 3.00 bits per heavy atom. The van der Waals surface area contributed by atoms with Crippen LogP contribution in [0.25, 0.3) is 0 Å². The molecule has 0 atom stereocenters. The van der Waals surface area contributed by atoms with Crippen LogP contribution in [0.5, 0.6) is 0 Å². The Morgan fingerprint density at radius 2 is 2.33 bits per heavy atom. The molecule has 0 saturated heterocycles. The zero-order valence-electron chi connectivity index (χ0n) is 8.71. The summed E-state index contributed by atoms with van der Waals surface area (Å²) in [6, 6.07) is 0. The van der Waals surface area contributed by atoms with Crippen LogP contribution in [-0.2, 0) is 9.53 Å². The Morgan fingerprint density at radius 1 is 1.60 bits per heavy atom. The maximum atomic E-state index is 11.4. The van der Waals surface area contributed by atoms with Crippen molar-refractivity contribution in [3.63, 3.8) is 0 Å². The number of hydrogen-bond acceptors (Lipinski definition) is 3. The average molecular weight is 273 g/mol. The van der Waals surface area contributed by atoms with E-state index in [1.165, 1.54) is 0 Å². The fourth-order valence-corrected chi connectivity index (χ4v) is 1.34. The van der Waals surface area contributed by atoms with Gasteiger partial charge in [0.15, 0.2) is 0 Å². The minimum absolute atomic E-state index is 0.0719. The molecule has 5 heteroatoms. The molecular weight excluding hydrogens is 260 g/mol. The number of anilines is 1. The third kappa shape index (κ3) is 3.60. The maximum absolute atomic E-state index is 11.4. The van der Waals surface area contributed by atoms with Crippen molar-refractivity contribution in [1.29, 1.82) is 0 Å². The molecule has 4 nitrogen and oxygen atoms in total.